The molecule has 0 saturated heterocycles. The van der Waals surface area contributed by atoms with Crippen LogP contribution < -0.4 is 0 Å². The van der Waals surface area contributed by atoms with Crippen molar-refractivity contribution in [3.05, 3.63) is 23.5 Å². The van der Waals surface area contributed by atoms with Gasteiger partial charge in [0.1, 0.15) is 0 Å². The van der Waals surface area contributed by atoms with Crippen molar-refractivity contribution in [2.75, 3.05) is 6.26 Å². The van der Waals surface area contributed by atoms with Crippen LogP contribution in [0.25, 0.3) is 11.0 Å². The van der Waals surface area contributed by atoms with Gasteiger partial charge in [0.25, 0.3) is 0 Å². The van der Waals surface area contributed by atoms with E-state index in [2.05, 4.69) is 11.1 Å². The Morgan fingerprint density at radius 3 is 2.92 bits per heavy atom. The van der Waals surface area contributed by atoms with Crippen molar-refractivity contribution in [3.8, 4) is 0 Å². The summed E-state index contributed by atoms with van der Waals surface area (Å²) in [4.78, 5) is 5.32. The first kappa shape index (κ1) is 8.91. The molecule has 2 aromatic rings. The number of rotatable bonds is 1. The summed E-state index contributed by atoms with van der Waals surface area (Å²) in [7, 11) is 1.98. The van der Waals surface area contributed by atoms with Crippen molar-refractivity contribution >= 4 is 34.4 Å². The lowest BCUT2D eigenvalue weighted by molar-refractivity contribution is 0.946. The number of hydrogen-bond donors (Lipinski definition) is 0. The zero-order chi connectivity index (χ0) is 9.42. The van der Waals surface area contributed by atoms with E-state index < -0.39 is 0 Å². The van der Waals surface area contributed by atoms with Gasteiger partial charge < -0.3 is 4.57 Å². The maximum Gasteiger partial charge on any atom is 0.0955 e. The molecule has 1 aromatic heterocycles. The number of thioether (sulfide) groups is 1. The topological polar surface area (TPSA) is 17.8 Å². The summed E-state index contributed by atoms with van der Waals surface area (Å²) in [6, 6.07) is 3.97. The van der Waals surface area contributed by atoms with Gasteiger partial charge in [-0.1, -0.05) is 11.6 Å². The van der Waals surface area contributed by atoms with Crippen LogP contribution in [0.15, 0.2) is 23.4 Å². The average Bonchev–Trinajstić information content (AvgIpc) is 2.46. The van der Waals surface area contributed by atoms with Crippen LogP contribution in [0, 0.1) is 0 Å². The molecule has 0 N–H and O–H groups in total. The maximum atomic E-state index is 6.04. The summed E-state index contributed by atoms with van der Waals surface area (Å²) < 4.78 is 1.99. The predicted octanol–water partition coefficient (Wildman–Crippen LogP) is 2.95. The number of nitrogens with zero attached hydrogens (tertiary/aromatic N) is 2. The Bertz CT molecular complexity index is 450. The SMILES string of the molecule is CSc1cc2c(cc1Cl)ncn2C. The van der Waals surface area contributed by atoms with Gasteiger partial charge in [-0.3, -0.25) is 0 Å². The van der Waals surface area contributed by atoms with Gasteiger partial charge >= 0.3 is 0 Å². The van der Waals surface area contributed by atoms with Crippen molar-refractivity contribution in [3.63, 3.8) is 0 Å². The lowest BCUT2D eigenvalue weighted by atomic mass is 10.3. The van der Waals surface area contributed by atoms with Crippen molar-refractivity contribution in [1.29, 1.82) is 0 Å². The average molecular weight is 213 g/mol. The Balaban J connectivity index is 2.77. The van der Waals surface area contributed by atoms with Gasteiger partial charge in [0.05, 0.1) is 22.4 Å². The van der Waals surface area contributed by atoms with E-state index in [9.17, 15) is 0 Å². The Hall–Kier alpha value is -0.670. The molecule has 1 aromatic carbocycles. The molecule has 0 fully saturated rings. The van der Waals surface area contributed by atoms with E-state index in [0.29, 0.717) is 0 Å². The lowest BCUT2D eigenvalue weighted by Crippen LogP contribution is -1.84. The van der Waals surface area contributed by atoms with Crippen LogP contribution >= 0.6 is 23.4 Å². The van der Waals surface area contributed by atoms with Crippen LogP contribution in [0.1, 0.15) is 0 Å². The molecular weight excluding hydrogens is 204 g/mol. The third-order valence-electron chi connectivity index (χ3n) is 2.00. The van der Waals surface area contributed by atoms with Crippen LogP contribution in [-0.2, 0) is 7.05 Å². The molecule has 0 aliphatic rings. The highest BCUT2D eigenvalue weighted by atomic mass is 35.5. The van der Waals surface area contributed by atoms with Crippen LogP contribution in [0.3, 0.4) is 0 Å². The Labute approximate surface area is 85.9 Å². The van der Waals surface area contributed by atoms with Gasteiger partial charge in [-0.25, -0.2) is 4.98 Å². The normalized spacial score (nSPS) is 11.0. The first-order valence-electron chi connectivity index (χ1n) is 3.87. The van der Waals surface area contributed by atoms with E-state index in [1.54, 1.807) is 18.1 Å². The second-order valence-electron chi connectivity index (χ2n) is 2.83. The summed E-state index contributed by atoms with van der Waals surface area (Å²) in [5.74, 6) is 0. The van der Waals surface area contributed by atoms with Crippen molar-refractivity contribution < 1.29 is 0 Å². The summed E-state index contributed by atoms with van der Waals surface area (Å²) in [6.07, 6.45) is 3.81. The Morgan fingerprint density at radius 2 is 2.23 bits per heavy atom. The van der Waals surface area contributed by atoms with Gasteiger partial charge in [0, 0.05) is 11.9 Å². The maximum absolute atomic E-state index is 6.04. The van der Waals surface area contributed by atoms with Gasteiger partial charge in [-0.15, -0.1) is 11.8 Å². The zero-order valence-electron chi connectivity index (χ0n) is 7.41. The number of fused-ring (bicyclic) bond motifs is 1. The Kier molecular flexibility index (Phi) is 2.22. The monoisotopic (exact) mass is 212 g/mol. The molecule has 2 rings (SSSR count). The lowest BCUT2D eigenvalue weighted by Gasteiger charge is -2.01. The molecule has 0 spiro atoms. The molecule has 0 saturated carbocycles. The van der Waals surface area contributed by atoms with Crippen molar-refractivity contribution in [2.45, 2.75) is 4.90 Å². The highest BCUT2D eigenvalue weighted by Crippen LogP contribution is 2.29. The third-order valence-corrected chi connectivity index (χ3v) is 3.20. The van der Waals surface area contributed by atoms with Gasteiger partial charge in [-0.05, 0) is 18.4 Å². The highest BCUT2D eigenvalue weighted by molar-refractivity contribution is 7.98. The van der Waals surface area contributed by atoms with Crippen LogP contribution in [0.5, 0.6) is 0 Å². The van der Waals surface area contributed by atoms with E-state index >= 15 is 0 Å². The minimum atomic E-state index is 0.777. The number of imidazole rings is 1. The molecule has 2 nitrogen and oxygen atoms in total. The number of benzene rings is 1. The van der Waals surface area contributed by atoms with E-state index in [1.165, 1.54) is 0 Å². The minimum absolute atomic E-state index is 0.777. The van der Waals surface area contributed by atoms with E-state index in [0.717, 1.165) is 21.0 Å². The molecule has 0 atom stereocenters. The van der Waals surface area contributed by atoms with E-state index in [-0.39, 0.29) is 0 Å². The molecule has 0 radical (unpaired) electrons. The summed E-state index contributed by atoms with van der Waals surface area (Å²) in [5, 5.41) is 0.777. The second-order valence-corrected chi connectivity index (χ2v) is 4.09. The molecule has 0 bridgehead atoms. The molecule has 0 aliphatic heterocycles. The summed E-state index contributed by atoms with van der Waals surface area (Å²) >= 11 is 7.69. The van der Waals surface area contributed by atoms with Crippen molar-refractivity contribution in [1.82, 2.24) is 9.55 Å². The molecule has 1 heterocycles. The van der Waals surface area contributed by atoms with Crippen LogP contribution in [0.4, 0.5) is 0 Å². The number of halogens is 1. The molecule has 0 amide bonds. The molecular formula is C9H9ClN2S. The van der Waals surface area contributed by atoms with E-state index in [4.69, 9.17) is 11.6 Å². The number of hydrogen-bond acceptors (Lipinski definition) is 2. The smallest absolute Gasteiger partial charge is 0.0955 e. The molecule has 4 heteroatoms. The predicted molar refractivity (Wildman–Crippen MR) is 57.5 cm³/mol. The fourth-order valence-electron chi connectivity index (χ4n) is 1.29. The highest BCUT2D eigenvalue weighted by Gasteiger charge is 2.05. The largest absolute Gasteiger partial charge is 0.334 e. The molecule has 0 aliphatic carbocycles. The number of aryl methyl sites for hydroxylation is 1. The first-order chi connectivity index (χ1) is 6.22. The fourth-order valence-corrected chi connectivity index (χ4v) is 2.16. The molecule has 13 heavy (non-hydrogen) atoms. The van der Waals surface area contributed by atoms with Crippen molar-refractivity contribution in [2.24, 2.45) is 7.05 Å². The van der Waals surface area contributed by atoms with Gasteiger partial charge in [0.2, 0.25) is 0 Å². The second kappa shape index (κ2) is 3.24. The van der Waals surface area contributed by atoms with Gasteiger partial charge in [0.15, 0.2) is 0 Å². The van der Waals surface area contributed by atoms with Crippen LogP contribution in [-0.4, -0.2) is 15.8 Å². The molecule has 0 unspecified atom stereocenters. The quantitative estimate of drug-likeness (QED) is 0.677. The number of aromatic nitrogens is 2. The standard InChI is InChI=1S/C9H9ClN2S/c1-12-5-11-7-3-6(10)9(13-2)4-8(7)12/h3-5H,1-2H3. The Morgan fingerprint density at radius 1 is 1.46 bits per heavy atom. The fraction of sp³-hybridized carbons (Fsp3) is 0.222. The zero-order valence-corrected chi connectivity index (χ0v) is 8.99. The minimum Gasteiger partial charge on any atom is -0.334 e. The summed E-state index contributed by atoms with van der Waals surface area (Å²) in [6.45, 7) is 0. The van der Waals surface area contributed by atoms with Gasteiger partial charge in [-0.2, -0.15) is 0 Å². The summed E-state index contributed by atoms with van der Waals surface area (Å²) in [5.41, 5.74) is 2.07. The van der Waals surface area contributed by atoms with E-state index in [1.807, 2.05) is 23.9 Å². The third kappa shape index (κ3) is 1.42. The molecule has 68 valence electrons. The van der Waals surface area contributed by atoms with Crippen LogP contribution in [0.2, 0.25) is 5.02 Å². The first-order valence-corrected chi connectivity index (χ1v) is 5.47.